The molecule has 2 nitrogen and oxygen atoms in total. The lowest BCUT2D eigenvalue weighted by molar-refractivity contribution is 0.0855. The molecule has 17 heavy (non-hydrogen) atoms. The third-order valence-corrected chi connectivity index (χ3v) is 3.78. The van der Waals surface area contributed by atoms with Gasteiger partial charge in [-0.1, -0.05) is 11.6 Å². The lowest BCUT2D eigenvalue weighted by Crippen LogP contribution is -2.46. The van der Waals surface area contributed by atoms with E-state index in [9.17, 15) is 0 Å². The fourth-order valence-corrected chi connectivity index (χ4v) is 1.24. The van der Waals surface area contributed by atoms with Crippen LogP contribution in [-0.2, 0) is 4.65 Å². The minimum Gasteiger partial charge on any atom is -0.428 e. The molecular formula is C12H18BClNOS. The van der Waals surface area contributed by atoms with Gasteiger partial charge in [-0.2, -0.15) is 12.6 Å². The Kier molecular flexibility index (Phi) is 4.45. The number of hydrogen-bond donors (Lipinski definition) is 2. The summed E-state index contributed by atoms with van der Waals surface area (Å²) in [5, 5.41) is 0.636. The van der Waals surface area contributed by atoms with Crippen molar-refractivity contribution in [1.82, 2.24) is 0 Å². The average molecular weight is 271 g/mol. The first-order chi connectivity index (χ1) is 7.63. The van der Waals surface area contributed by atoms with Crippen LogP contribution < -0.4 is 11.2 Å². The Bertz CT molecular complexity index is 404. The zero-order chi connectivity index (χ0) is 13.3. The Morgan fingerprint density at radius 3 is 2.41 bits per heavy atom. The second-order valence-corrected chi connectivity index (χ2v) is 6.63. The molecule has 1 rings (SSSR count). The van der Waals surface area contributed by atoms with Gasteiger partial charge >= 0.3 is 7.48 Å². The molecule has 0 unspecified atom stereocenters. The Labute approximate surface area is 115 Å². The molecule has 0 aliphatic heterocycles. The van der Waals surface area contributed by atoms with Crippen molar-refractivity contribution < 1.29 is 4.65 Å². The standard InChI is InChI=1S/C12H18BClNOS/c1-11(2,12(3,4)17)16-13-9-7-8(14)5-6-10(9)15/h5-7,17H,15H2,1-4H3. The van der Waals surface area contributed by atoms with Crippen molar-refractivity contribution in [2.45, 2.75) is 38.0 Å². The molecule has 1 aromatic carbocycles. The highest BCUT2D eigenvalue weighted by Crippen LogP contribution is 2.30. The van der Waals surface area contributed by atoms with Gasteiger partial charge in [0.2, 0.25) is 0 Å². The van der Waals surface area contributed by atoms with E-state index < -0.39 is 5.60 Å². The molecule has 0 saturated carbocycles. The van der Waals surface area contributed by atoms with Crippen LogP contribution in [0.1, 0.15) is 27.7 Å². The van der Waals surface area contributed by atoms with Crippen LogP contribution in [0, 0.1) is 0 Å². The second-order valence-electron chi connectivity index (χ2n) is 5.08. The Morgan fingerprint density at radius 2 is 1.88 bits per heavy atom. The van der Waals surface area contributed by atoms with E-state index in [1.165, 1.54) is 0 Å². The van der Waals surface area contributed by atoms with Crippen molar-refractivity contribution in [3.63, 3.8) is 0 Å². The summed E-state index contributed by atoms with van der Waals surface area (Å²) < 4.78 is 5.51. The highest BCUT2D eigenvalue weighted by atomic mass is 35.5. The molecule has 0 aliphatic carbocycles. The molecule has 0 fully saturated rings. The molecule has 0 aliphatic rings. The third kappa shape index (κ3) is 3.83. The Hall–Kier alpha value is -0.315. The van der Waals surface area contributed by atoms with Crippen molar-refractivity contribution in [3.05, 3.63) is 23.2 Å². The molecule has 0 heterocycles. The largest absolute Gasteiger partial charge is 0.428 e. The van der Waals surface area contributed by atoms with Gasteiger partial charge in [0.15, 0.2) is 0 Å². The van der Waals surface area contributed by atoms with E-state index in [1.54, 1.807) is 25.7 Å². The normalized spacial score (nSPS) is 12.6. The summed E-state index contributed by atoms with van der Waals surface area (Å²) in [5.41, 5.74) is 6.85. The van der Waals surface area contributed by atoms with Crippen LogP contribution in [0.4, 0.5) is 5.69 Å². The predicted molar refractivity (Wildman–Crippen MR) is 79.5 cm³/mol. The maximum Gasteiger partial charge on any atom is 0.332 e. The van der Waals surface area contributed by atoms with Crippen molar-refractivity contribution in [2.75, 3.05) is 5.73 Å². The van der Waals surface area contributed by atoms with Crippen LogP contribution >= 0.6 is 24.2 Å². The van der Waals surface area contributed by atoms with E-state index in [0.29, 0.717) is 10.7 Å². The maximum absolute atomic E-state index is 5.91. The molecule has 93 valence electrons. The summed E-state index contributed by atoms with van der Waals surface area (Å²) in [4.78, 5) is 0. The maximum atomic E-state index is 5.91. The molecule has 2 N–H and O–H groups in total. The van der Waals surface area contributed by atoms with Crippen LogP contribution in [0.15, 0.2) is 18.2 Å². The summed E-state index contributed by atoms with van der Waals surface area (Å²) >= 11 is 10.4. The molecule has 0 bridgehead atoms. The Morgan fingerprint density at radius 1 is 1.29 bits per heavy atom. The first-order valence-corrected chi connectivity index (χ1v) is 6.24. The van der Waals surface area contributed by atoms with Gasteiger partial charge in [-0.05, 0) is 51.4 Å². The van der Waals surface area contributed by atoms with Gasteiger partial charge in [0.25, 0.3) is 0 Å². The molecule has 5 heteroatoms. The fraction of sp³-hybridized carbons (Fsp3) is 0.500. The van der Waals surface area contributed by atoms with Gasteiger partial charge in [-0.3, -0.25) is 0 Å². The Balaban J connectivity index is 2.77. The highest BCUT2D eigenvalue weighted by Gasteiger charge is 2.34. The van der Waals surface area contributed by atoms with Gasteiger partial charge in [-0.15, -0.1) is 0 Å². The number of benzene rings is 1. The number of nitrogens with two attached hydrogens (primary N) is 1. The van der Waals surface area contributed by atoms with E-state index in [-0.39, 0.29) is 4.75 Å². The highest BCUT2D eigenvalue weighted by molar-refractivity contribution is 7.81. The van der Waals surface area contributed by atoms with Crippen LogP contribution in [0.3, 0.4) is 0 Å². The first-order valence-electron chi connectivity index (χ1n) is 5.42. The molecule has 1 aromatic rings. The SMILES string of the molecule is CC(C)(S)C(C)(C)O[B]c1cc(Cl)ccc1N. The first kappa shape index (κ1) is 14.7. The van der Waals surface area contributed by atoms with Gasteiger partial charge in [0, 0.05) is 15.5 Å². The second kappa shape index (κ2) is 5.13. The summed E-state index contributed by atoms with van der Waals surface area (Å²) in [6.45, 7) is 7.98. The van der Waals surface area contributed by atoms with E-state index in [2.05, 4.69) is 12.6 Å². The topological polar surface area (TPSA) is 35.2 Å². The van der Waals surface area contributed by atoms with Gasteiger partial charge in [0.1, 0.15) is 0 Å². The smallest absolute Gasteiger partial charge is 0.332 e. The molecule has 1 radical (unpaired) electrons. The summed E-state index contributed by atoms with van der Waals surface area (Å²) in [7, 11) is 1.64. The number of rotatable bonds is 4. The number of hydrogen-bond acceptors (Lipinski definition) is 3. The lowest BCUT2D eigenvalue weighted by atomic mass is 9.83. The zero-order valence-electron chi connectivity index (χ0n) is 10.6. The number of nitrogen functional groups attached to an aromatic ring is 1. The molecule has 0 aromatic heterocycles. The monoisotopic (exact) mass is 270 g/mol. The minimum atomic E-state index is -0.412. The fourth-order valence-electron chi connectivity index (χ4n) is 1.00. The van der Waals surface area contributed by atoms with Crippen molar-refractivity contribution in [2.24, 2.45) is 0 Å². The van der Waals surface area contributed by atoms with Gasteiger partial charge in [-0.25, -0.2) is 0 Å². The number of halogens is 1. The quantitative estimate of drug-likeness (QED) is 0.501. The van der Waals surface area contributed by atoms with Gasteiger partial charge in [0.05, 0.1) is 5.60 Å². The van der Waals surface area contributed by atoms with Crippen molar-refractivity contribution in [3.8, 4) is 0 Å². The van der Waals surface area contributed by atoms with Crippen LogP contribution in [0.25, 0.3) is 0 Å². The minimum absolute atomic E-state index is 0.267. The predicted octanol–water partition coefficient (Wildman–Crippen LogP) is 2.67. The summed E-state index contributed by atoms with van der Waals surface area (Å²) in [5.74, 6) is 0. The lowest BCUT2D eigenvalue weighted by Gasteiger charge is -2.38. The van der Waals surface area contributed by atoms with Crippen LogP contribution in [-0.4, -0.2) is 17.8 Å². The van der Waals surface area contributed by atoms with E-state index in [4.69, 9.17) is 22.0 Å². The molecule has 0 amide bonds. The van der Waals surface area contributed by atoms with E-state index in [0.717, 1.165) is 5.46 Å². The number of anilines is 1. The summed E-state index contributed by atoms with van der Waals surface area (Å²) in [6, 6.07) is 5.29. The van der Waals surface area contributed by atoms with Crippen LogP contribution in [0.2, 0.25) is 5.02 Å². The average Bonchev–Trinajstić information content (AvgIpc) is 2.18. The molecule has 0 saturated heterocycles. The van der Waals surface area contributed by atoms with Crippen molar-refractivity contribution in [1.29, 1.82) is 0 Å². The van der Waals surface area contributed by atoms with E-state index in [1.807, 2.05) is 27.7 Å². The zero-order valence-corrected chi connectivity index (χ0v) is 12.3. The van der Waals surface area contributed by atoms with Crippen molar-refractivity contribution >= 4 is 42.9 Å². The molecule has 0 atom stereocenters. The summed E-state index contributed by atoms with van der Waals surface area (Å²) in [6.07, 6.45) is 0. The third-order valence-electron chi connectivity index (χ3n) is 3.00. The van der Waals surface area contributed by atoms with Gasteiger partial charge < -0.3 is 10.4 Å². The molecular weight excluding hydrogens is 252 g/mol. The van der Waals surface area contributed by atoms with E-state index >= 15 is 0 Å². The number of thiol groups is 1. The van der Waals surface area contributed by atoms with Crippen LogP contribution in [0.5, 0.6) is 0 Å². The molecule has 0 spiro atoms.